The lowest BCUT2D eigenvalue weighted by atomic mass is 10.0. The standard InChI is InChI=1S/C21H35N5O/c1-23(2)19-9-12-25(13-10-19)14-11-22-21(27)26-16-15-24(3)17-20(26)18-7-5-4-6-8-18/h4-8,19-20H,9-17H2,1-3H3,(H,22,27). The Balaban J connectivity index is 1.48. The predicted molar refractivity (Wildman–Crippen MR) is 110 cm³/mol. The van der Waals surface area contributed by atoms with Gasteiger partial charge in [-0.05, 0) is 52.6 Å². The molecule has 0 bridgehead atoms. The number of nitrogens with zero attached hydrogens (tertiary/aromatic N) is 4. The third-order valence-electron chi connectivity index (χ3n) is 6.02. The lowest BCUT2D eigenvalue weighted by Crippen LogP contribution is -2.53. The maximum Gasteiger partial charge on any atom is 0.318 e. The molecule has 0 saturated carbocycles. The Hall–Kier alpha value is -1.63. The molecule has 3 rings (SSSR count). The van der Waals surface area contributed by atoms with Crippen LogP contribution in [0.2, 0.25) is 0 Å². The van der Waals surface area contributed by atoms with E-state index in [0.717, 1.165) is 45.8 Å². The lowest BCUT2D eigenvalue weighted by Gasteiger charge is -2.40. The van der Waals surface area contributed by atoms with Crippen LogP contribution in [0.15, 0.2) is 30.3 Å². The van der Waals surface area contributed by atoms with Crippen molar-refractivity contribution in [2.45, 2.75) is 24.9 Å². The van der Waals surface area contributed by atoms with E-state index in [1.807, 2.05) is 11.0 Å². The Bertz CT molecular complexity index is 585. The molecule has 2 heterocycles. The van der Waals surface area contributed by atoms with Crippen molar-refractivity contribution in [1.29, 1.82) is 0 Å². The van der Waals surface area contributed by atoms with E-state index in [0.29, 0.717) is 6.04 Å². The van der Waals surface area contributed by atoms with E-state index in [1.165, 1.54) is 18.4 Å². The summed E-state index contributed by atoms with van der Waals surface area (Å²) < 4.78 is 0. The molecule has 0 aliphatic carbocycles. The van der Waals surface area contributed by atoms with Crippen LogP contribution in [-0.2, 0) is 0 Å². The zero-order valence-electron chi connectivity index (χ0n) is 17.1. The van der Waals surface area contributed by atoms with E-state index >= 15 is 0 Å². The van der Waals surface area contributed by atoms with Crippen LogP contribution in [-0.4, -0.2) is 98.6 Å². The zero-order chi connectivity index (χ0) is 19.2. The first-order chi connectivity index (χ1) is 13.0. The second kappa shape index (κ2) is 9.53. The van der Waals surface area contributed by atoms with Gasteiger partial charge in [0.1, 0.15) is 0 Å². The van der Waals surface area contributed by atoms with Crippen molar-refractivity contribution >= 4 is 6.03 Å². The van der Waals surface area contributed by atoms with Crippen molar-refractivity contribution in [2.75, 3.05) is 67.0 Å². The summed E-state index contributed by atoms with van der Waals surface area (Å²) in [5.41, 5.74) is 1.21. The number of urea groups is 1. The van der Waals surface area contributed by atoms with E-state index in [4.69, 9.17) is 0 Å². The highest BCUT2D eigenvalue weighted by Gasteiger charge is 2.30. The summed E-state index contributed by atoms with van der Waals surface area (Å²) in [5, 5.41) is 3.16. The number of amides is 2. The summed E-state index contributed by atoms with van der Waals surface area (Å²) in [7, 11) is 6.46. The average Bonchev–Trinajstić information content (AvgIpc) is 2.69. The monoisotopic (exact) mass is 373 g/mol. The Morgan fingerprint density at radius 3 is 2.48 bits per heavy atom. The van der Waals surface area contributed by atoms with Gasteiger partial charge in [-0.1, -0.05) is 30.3 Å². The maximum atomic E-state index is 12.8. The van der Waals surface area contributed by atoms with Gasteiger partial charge in [-0.25, -0.2) is 4.79 Å². The van der Waals surface area contributed by atoms with Crippen LogP contribution >= 0.6 is 0 Å². The molecule has 1 aromatic rings. The number of likely N-dealkylation sites (N-methyl/N-ethyl adjacent to an activating group) is 1. The molecule has 2 amide bonds. The van der Waals surface area contributed by atoms with E-state index in [2.05, 4.69) is 65.4 Å². The van der Waals surface area contributed by atoms with Crippen LogP contribution in [0.3, 0.4) is 0 Å². The number of piperazine rings is 1. The fraction of sp³-hybridized carbons (Fsp3) is 0.667. The number of likely N-dealkylation sites (tertiary alicyclic amines) is 1. The normalized spacial score (nSPS) is 23.0. The van der Waals surface area contributed by atoms with Gasteiger partial charge < -0.3 is 24.9 Å². The number of benzene rings is 1. The number of carbonyl (C=O) groups excluding carboxylic acids is 1. The zero-order valence-corrected chi connectivity index (χ0v) is 17.1. The minimum atomic E-state index is 0.0696. The van der Waals surface area contributed by atoms with Crippen molar-refractivity contribution < 1.29 is 4.79 Å². The molecule has 0 aromatic heterocycles. The van der Waals surface area contributed by atoms with Gasteiger partial charge >= 0.3 is 6.03 Å². The largest absolute Gasteiger partial charge is 0.337 e. The van der Waals surface area contributed by atoms with Crippen molar-refractivity contribution in [3.05, 3.63) is 35.9 Å². The lowest BCUT2D eigenvalue weighted by molar-refractivity contribution is 0.107. The fourth-order valence-electron chi connectivity index (χ4n) is 4.20. The molecule has 0 spiro atoms. The van der Waals surface area contributed by atoms with Crippen molar-refractivity contribution in [1.82, 2.24) is 24.9 Å². The highest BCUT2D eigenvalue weighted by molar-refractivity contribution is 5.75. The van der Waals surface area contributed by atoms with E-state index in [-0.39, 0.29) is 12.1 Å². The topological polar surface area (TPSA) is 42.1 Å². The molecule has 6 heteroatoms. The molecule has 27 heavy (non-hydrogen) atoms. The minimum Gasteiger partial charge on any atom is -0.337 e. The summed E-state index contributed by atoms with van der Waals surface area (Å²) in [5.74, 6) is 0. The summed E-state index contributed by atoms with van der Waals surface area (Å²) in [6.07, 6.45) is 2.44. The molecular formula is C21H35N5O. The Kier molecular flexibility index (Phi) is 7.10. The fourth-order valence-corrected chi connectivity index (χ4v) is 4.20. The first-order valence-electron chi connectivity index (χ1n) is 10.2. The number of hydrogen-bond donors (Lipinski definition) is 1. The van der Waals surface area contributed by atoms with E-state index in [1.54, 1.807) is 0 Å². The summed E-state index contributed by atoms with van der Waals surface area (Å²) in [6, 6.07) is 11.3. The third-order valence-corrected chi connectivity index (χ3v) is 6.02. The van der Waals surface area contributed by atoms with Crippen LogP contribution in [0.4, 0.5) is 4.79 Å². The highest BCUT2D eigenvalue weighted by atomic mass is 16.2. The number of piperidine rings is 1. The number of carbonyl (C=O) groups is 1. The quantitative estimate of drug-likeness (QED) is 0.853. The van der Waals surface area contributed by atoms with Crippen LogP contribution in [0.1, 0.15) is 24.4 Å². The second-order valence-electron chi connectivity index (χ2n) is 8.15. The van der Waals surface area contributed by atoms with Crippen molar-refractivity contribution in [3.63, 3.8) is 0 Å². The van der Waals surface area contributed by atoms with E-state index < -0.39 is 0 Å². The highest BCUT2D eigenvalue weighted by Crippen LogP contribution is 2.24. The average molecular weight is 374 g/mol. The molecule has 1 unspecified atom stereocenters. The smallest absolute Gasteiger partial charge is 0.318 e. The van der Waals surface area contributed by atoms with Gasteiger partial charge in [0.2, 0.25) is 0 Å². The number of nitrogens with one attached hydrogen (secondary N) is 1. The van der Waals surface area contributed by atoms with Gasteiger partial charge in [0.25, 0.3) is 0 Å². The number of hydrogen-bond acceptors (Lipinski definition) is 4. The molecule has 1 N–H and O–H groups in total. The van der Waals surface area contributed by atoms with Crippen LogP contribution in [0, 0.1) is 0 Å². The van der Waals surface area contributed by atoms with E-state index in [9.17, 15) is 4.79 Å². The Morgan fingerprint density at radius 1 is 1.11 bits per heavy atom. The second-order valence-corrected chi connectivity index (χ2v) is 8.15. The molecule has 0 radical (unpaired) electrons. The third kappa shape index (κ3) is 5.43. The van der Waals surface area contributed by atoms with Gasteiger partial charge in [0.15, 0.2) is 0 Å². The van der Waals surface area contributed by atoms with Gasteiger partial charge in [0.05, 0.1) is 6.04 Å². The SMILES string of the molecule is CN1CCN(C(=O)NCCN2CCC(N(C)C)CC2)C(c2ccccc2)C1. The van der Waals surface area contributed by atoms with Gasteiger partial charge in [0, 0.05) is 38.8 Å². The molecule has 2 saturated heterocycles. The summed E-state index contributed by atoms with van der Waals surface area (Å²) in [4.78, 5) is 22.0. The van der Waals surface area contributed by atoms with Crippen LogP contribution in [0.5, 0.6) is 0 Å². The summed E-state index contributed by atoms with van der Waals surface area (Å²) in [6.45, 7) is 6.50. The van der Waals surface area contributed by atoms with Gasteiger partial charge in [-0.2, -0.15) is 0 Å². The molecule has 150 valence electrons. The molecule has 6 nitrogen and oxygen atoms in total. The summed E-state index contributed by atoms with van der Waals surface area (Å²) >= 11 is 0. The van der Waals surface area contributed by atoms with Gasteiger partial charge in [-0.15, -0.1) is 0 Å². The molecule has 2 aliphatic rings. The molecule has 1 aromatic carbocycles. The Labute approximate surface area is 164 Å². The molecule has 2 fully saturated rings. The predicted octanol–water partition coefficient (Wildman–Crippen LogP) is 1.71. The maximum absolute atomic E-state index is 12.8. The van der Waals surface area contributed by atoms with Crippen molar-refractivity contribution in [2.24, 2.45) is 0 Å². The number of rotatable bonds is 5. The van der Waals surface area contributed by atoms with Crippen LogP contribution < -0.4 is 5.32 Å². The van der Waals surface area contributed by atoms with Gasteiger partial charge in [-0.3, -0.25) is 0 Å². The van der Waals surface area contributed by atoms with Crippen LogP contribution in [0.25, 0.3) is 0 Å². The molecule has 2 aliphatic heterocycles. The molecular weight excluding hydrogens is 338 g/mol. The minimum absolute atomic E-state index is 0.0696. The first-order valence-corrected chi connectivity index (χ1v) is 10.2. The van der Waals surface area contributed by atoms with Crippen molar-refractivity contribution in [3.8, 4) is 0 Å². The first kappa shape index (κ1) is 20.1. The Morgan fingerprint density at radius 2 is 1.81 bits per heavy atom. The molecule has 1 atom stereocenters.